The molecule has 132 valence electrons. The number of thiophene rings is 1. The third-order valence-electron chi connectivity index (χ3n) is 4.64. The van der Waals surface area contributed by atoms with E-state index in [0.29, 0.717) is 26.2 Å². The van der Waals surface area contributed by atoms with Crippen LogP contribution in [0.15, 0.2) is 5.38 Å². The molecule has 2 heterocycles. The Morgan fingerprint density at radius 1 is 1.42 bits per heavy atom. The molecule has 0 radical (unpaired) electrons. The van der Waals surface area contributed by atoms with E-state index in [2.05, 4.69) is 0 Å². The van der Waals surface area contributed by atoms with Crippen LogP contribution in [0.2, 0.25) is 0 Å². The van der Waals surface area contributed by atoms with Crippen molar-refractivity contribution in [3.63, 3.8) is 0 Å². The number of hydrogen-bond donors (Lipinski definition) is 1. The molecule has 1 atom stereocenters. The number of rotatable bonds is 5. The molecule has 1 aromatic heterocycles. The zero-order chi connectivity index (χ0) is 17.1. The lowest BCUT2D eigenvalue weighted by Crippen LogP contribution is -2.49. The Bertz CT molecular complexity index is 616. The maximum atomic E-state index is 12.9. The van der Waals surface area contributed by atoms with E-state index in [1.54, 1.807) is 23.3 Å². The van der Waals surface area contributed by atoms with Crippen LogP contribution in [0.5, 0.6) is 0 Å². The average Bonchev–Trinajstić information content (AvgIpc) is 2.97. The highest BCUT2D eigenvalue weighted by molar-refractivity contribution is 7.10. The van der Waals surface area contributed by atoms with Gasteiger partial charge in [-0.2, -0.15) is 0 Å². The highest BCUT2D eigenvalue weighted by atomic mass is 32.1. The molecule has 24 heavy (non-hydrogen) atoms. The van der Waals surface area contributed by atoms with E-state index in [-0.39, 0.29) is 18.6 Å². The van der Waals surface area contributed by atoms with E-state index in [4.69, 9.17) is 9.84 Å². The summed E-state index contributed by atoms with van der Waals surface area (Å²) in [5.41, 5.74) is 2.12. The molecule has 1 unspecified atom stereocenters. The fourth-order valence-electron chi connectivity index (χ4n) is 3.50. The fourth-order valence-corrected chi connectivity index (χ4v) is 4.62. The van der Waals surface area contributed by atoms with Crippen LogP contribution in [0.1, 0.15) is 33.6 Å². The Morgan fingerprint density at radius 3 is 3.00 bits per heavy atom. The number of carboxylic acids is 1. The molecule has 1 N–H and O–H groups in total. The van der Waals surface area contributed by atoms with Gasteiger partial charge in [0.1, 0.15) is 0 Å². The molecular weight excluding hydrogens is 328 g/mol. The molecule has 1 aliphatic heterocycles. The summed E-state index contributed by atoms with van der Waals surface area (Å²) in [7, 11) is 1.76. The van der Waals surface area contributed by atoms with Crippen LogP contribution < -0.4 is 0 Å². The third kappa shape index (κ3) is 3.96. The van der Waals surface area contributed by atoms with Crippen molar-refractivity contribution < 1.29 is 19.4 Å². The second-order valence-electron chi connectivity index (χ2n) is 6.59. The van der Waals surface area contributed by atoms with Gasteiger partial charge in [-0.05, 0) is 38.3 Å². The Kier molecular flexibility index (Phi) is 5.53. The summed E-state index contributed by atoms with van der Waals surface area (Å²) >= 11 is 1.71. The van der Waals surface area contributed by atoms with E-state index >= 15 is 0 Å². The lowest BCUT2D eigenvalue weighted by molar-refractivity contribution is -0.138. The second-order valence-corrected chi connectivity index (χ2v) is 7.56. The Labute approximate surface area is 146 Å². The fraction of sp³-hybridized carbons (Fsp3) is 0.647. The number of likely N-dealkylation sites (N-methyl/N-ethyl adjacent to an activating group) is 1. The van der Waals surface area contributed by atoms with Crippen molar-refractivity contribution in [2.75, 3.05) is 39.8 Å². The quantitative estimate of drug-likeness (QED) is 0.869. The van der Waals surface area contributed by atoms with Crippen LogP contribution in [0, 0.1) is 0 Å². The SMILES string of the molecule is CN(CC(=O)O)CC1CN(C(=O)c2csc3c2CCCC3)CCO1. The van der Waals surface area contributed by atoms with E-state index < -0.39 is 5.97 Å². The monoisotopic (exact) mass is 352 g/mol. The minimum Gasteiger partial charge on any atom is -0.480 e. The first kappa shape index (κ1) is 17.4. The number of aryl methyl sites for hydroxylation is 1. The number of carboxylic acid groups (broad SMARTS) is 1. The van der Waals surface area contributed by atoms with E-state index in [1.807, 2.05) is 10.3 Å². The molecule has 0 bridgehead atoms. The minimum absolute atomic E-state index is 0.0220. The van der Waals surface area contributed by atoms with Crippen molar-refractivity contribution in [2.24, 2.45) is 0 Å². The number of ether oxygens (including phenoxy) is 1. The molecule has 1 saturated heterocycles. The summed E-state index contributed by atoms with van der Waals surface area (Å²) in [5, 5.41) is 10.9. The normalized spacial score (nSPS) is 20.9. The van der Waals surface area contributed by atoms with Crippen molar-refractivity contribution in [3.05, 3.63) is 21.4 Å². The predicted molar refractivity (Wildman–Crippen MR) is 91.7 cm³/mol. The van der Waals surface area contributed by atoms with Gasteiger partial charge in [0.2, 0.25) is 0 Å². The van der Waals surface area contributed by atoms with E-state index in [9.17, 15) is 9.59 Å². The first-order valence-corrected chi connectivity index (χ1v) is 9.33. The van der Waals surface area contributed by atoms with Crippen LogP contribution in [-0.2, 0) is 22.4 Å². The molecule has 1 aliphatic carbocycles. The van der Waals surface area contributed by atoms with Crippen molar-refractivity contribution >= 4 is 23.2 Å². The Balaban J connectivity index is 1.63. The van der Waals surface area contributed by atoms with Gasteiger partial charge in [-0.3, -0.25) is 14.5 Å². The summed E-state index contributed by atoms with van der Waals surface area (Å²) in [6.07, 6.45) is 4.35. The molecule has 7 heteroatoms. The van der Waals surface area contributed by atoms with Gasteiger partial charge in [-0.25, -0.2) is 0 Å². The lowest BCUT2D eigenvalue weighted by atomic mass is 9.95. The maximum Gasteiger partial charge on any atom is 0.317 e. The van der Waals surface area contributed by atoms with Crippen LogP contribution in [0.25, 0.3) is 0 Å². The topological polar surface area (TPSA) is 70.1 Å². The van der Waals surface area contributed by atoms with Gasteiger partial charge < -0.3 is 14.7 Å². The van der Waals surface area contributed by atoms with Gasteiger partial charge in [0.05, 0.1) is 24.8 Å². The highest BCUT2D eigenvalue weighted by Crippen LogP contribution is 2.31. The number of nitrogens with zero attached hydrogens (tertiary/aromatic N) is 2. The summed E-state index contributed by atoms with van der Waals surface area (Å²) in [6.45, 7) is 2.11. The molecule has 1 fully saturated rings. The lowest BCUT2D eigenvalue weighted by Gasteiger charge is -2.34. The molecule has 6 nitrogen and oxygen atoms in total. The summed E-state index contributed by atoms with van der Waals surface area (Å²) in [4.78, 5) is 28.6. The van der Waals surface area contributed by atoms with Gasteiger partial charge in [0.15, 0.2) is 0 Å². The number of morpholine rings is 1. The van der Waals surface area contributed by atoms with Gasteiger partial charge >= 0.3 is 5.97 Å². The smallest absolute Gasteiger partial charge is 0.317 e. The van der Waals surface area contributed by atoms with Crippen molar-refractivity contribution in [3.8, 4) is 0 Å². The molecule has 0 spiro atoms. The first-order valence-electron chi connectivity index (χ1n) is 8.45. The van der Waals surface area contributed by atoms with Crippen molar-refractivity contribution in [1.82, 2.24) is 9.80 Å². The predicted octanol–water partition coefficient (Wildman–Crippen LogP) is 1.48. The standard InChI is InChI=1S/C17H24N2O4S/c1-18(10-16(20)21)8-12-9-19(6-7-23-12)17(22)14-11-24-15-5-3-2-4-13(14)15/h11-12H,2-10H2,1H3,(H,20,21). The van der Waals surface area contributed by atoms with Gasteiger partial charge in [0.25, 0.3) is 5.91 Å². The number of carbonyl (C=O) groups excluding carboxylic acids is 1. The van der Waals surface area contributed by atoms with Gasteiger partial charge in [-0.15, -0.1) is 11.3 Å². The summed E-state index contributed by atoms with van der Waals surface area (Å²) in [5.74, 6) is -0.755. The van der Waals surface area contributed by atoms with Crippen molar-refractivity contribution in [2.45, 2.75) is 31.8 Å². The first-order chi connectivity index (χ1) is 11.5. The molecule has 2 aliphatic rings. The third-order valence-corrected chi connectivity index (χ3v) is 5.73. The molecule has 0 saturated carbocycles. The Hall–Kier alpha value is -1.44. The maximum absolute atomic E-state index is 12.9. The molecule has 3 rings (SSSR count). The Morgan fingerprint density at radius 2 is 2.21 bits per heavy atom. The van der Waals surface area contributed by atoms with E-state index in [0.717, 1.165) is 24.8 Å². The number of amides is 1. The van der Waals surface area contributed by atoms with Crippen LogP contribution in [-0.4, -0.2) is 72.7 Å². The minimum atomic E-state index is -0.855. The number of fused-ring (bicyclic) bond motifs is 1. The van der Waals surface area contributed by atoms with Gasteiger partial charge in [0, 0.05) is 29.9 Å². The summed E-state index contributed by atoms with van der Waals surface area (Å²) in [6, 6.07) is 0. The molecule has 1 amide bonds. The zero-order valence-corrected chi connectivity index (χ0v) is 14.8. The molecule has 1 aromatic rings. The number of aliphatic carboxylic acids is 1. The molecular formula is C17H24N2O4S. The van der Waals surface area contributed by atoms with Crippen LogP contribution in [0.4, 0.5) is 0 Å². The van der Waals surface area contributed by atoms with Gasteiger partial charge in [-0.1, -0.05) is 0 Å². The molecule has 0 aromatic carbocycles. The summed E-state index contributed by atoms with van der Waals surface area (Å²) < 4.78 is 5.71. The number of carbonyl (C=O) groups is 2. The van der Waals surface area contributed by atoms with Crippen molar-refractivity contribution in [1.29, 1.82) is 0 Å². The van der Waals surface area contributed by atoms with E-state index in [1.165, 1.54) is 16.9 Å². The van der Waals surface area contributed by atoms with Crippen LogP contribution in [0.3, 0.4) is 0 Å². The zero-order valence-electron chi connectivity index (χ0n) is 14.0. The van der Waals surface area contributed by atoms with Crippen LogP contribution >= 0.6 is 11.3 Å². The average molecular weight is 352 g/mol. The largest absolute Gasteiger partial charge is 0.480 e. The highest BCUT2D eigenvalue weighted by Gasteiger charge is 2.29. The number of hydrogen-bond acceptors (Lipinski definition) is 5. The second kappa shape index (κ2) is 7.63.